The van der Waals surface area contributed by atoms with Crippen LogP contribution in [0.2, 0.25) is 0 Å². The Hall–Kier alpha value is -2.85. The van der Waals surface area contributed by atoms with Crippen molar-refractivity contribution >= 4 is 10.9 Å². The fourth-order valence-electron chi connectivity index (χ4n) is 4.18. The fraction of sp³-hybridized carbons (Fsp3) is 0.391. The summed E-state index contributed by atoms with van der Waals surface area (Å²) in [4.78, 5) is 9.52. The van der Waals surface area contributed by atoms with Gasteiger partial charge in [-0.15, -0.1) is 0 Å². The van der Waals surface area contributed by atoms with Gasteiger partial charge in [0.25, 0.3) is 0 Å². The van der Waals surface area contributed by atoms with E-state index in [-0.39, 0.29) is 42.4 Å². The first kappa shape index (κ1) is 23.3. The van der Waals surface area contributed by atoms with E-state index in [1.54, 1.807) is 6.92 Å². The lowest BCUT2D eigenvalue weighted by atomic mass is 9.82. The van der Waals surface area contributed by atoms with E-state index < -0.39 is 29.3 Å². The summed E-state index contributed by atoms with van der Waals surface area (Å²) >= 11 is 0. The Labute approximate surface area is 186 Å². The lowest BCUT2D eigenvalue weighted by Gasteiger charge is -2.43. The molecule has 5 nitrogen and oxygen atoms in total. The standard InChI is InChI=1S/C23H22F5N3O2/c1-22(13-32)5-2-6-31(12-22)21(23(26,27)28)19-9-18-14(10-29-19)7-16(11-30-18)33-20-4-3-15(24)8-17(20)25/h3-4,7-11,21,32H,2,5-6,12-13H2,1H3. The number of pyridine rings is 2. The topological polar surface area (TPSA) is 58.5 Å². The maximum Gasteiger partial charge on any atom is 0.409 e. The number of benzene rings is 1. The molecule has 0 spiro atoms. The molecule has 0 amide bonds. The van der Waals surface area contributed by atoms with Crippen LogP contribution in [0, 0.1) is 17.0 Å². The van der Waals surface area contributed by atoms with Crippen LogP contribution in [-0.2, 0) is 0 Å². The number of hydrogen-bond acceptors (Lipinski definition) is 5. The lowest BCUT2D eigenvalue weighted by molar-refractivity contribution is -0.196. The molecule has 0 aliphatic carbocycles. The van der Waals surface area contributed by atoms with E-state index in [4.69, 9.17) is 4.74 Å². The van der Waals surface area contributed by atoms with Crippen molar-refractivity contribution in [1.82, 2.24) is 14.9 Å². The van der Waals surface area contributed by atoms with Crippen LogP contribution in [0.1, 0.15) is 31.5 Å². The molecule has 1 saturated heterocycles. The molecule has 0 radical (unpaired) electrons. The van der Waals surface area contributed by atoms with Crippen LogP contribution in [0.25, 0.3) is 10.9 Å². The van der Waals surface area contributed by atoms with Crippen LogP contribution in [0.15, 0.2) is 42.7 Å². The zero-order valence-electron chi connectivity index (χ0n) is 17.7. The van der Waals surface area contributed by atoms with Crippen molar-refractivity contribution in [2.45, 2.75) is 32.0 Å². The second-order valence-corrected chi connectivity index (χ2v) is 8.64. The van der Waals surface area contributed by atoms with Gasteiger partial charge in [-0.25, -0.2) is 8.78 Å². The molecule has 2 atom stereocenters. The molecule has 1 N–H and O–H groups in total. The number of aromatic nitrogens is 2. The Morgan fingerprint density at radius 2 is 1.94 bits per heavy atom. The second kappa shape index (κ2) is 8.83. The largest absolute Gasteiger partial charge is 0.453 e. The molecule has 1 aliphatic rings. The number of piperidine rings is 1. The molecule has 176 valence electrons. The van der Waals surface area contributed by atoms with Gasteiger partial charge in [0.1, 0.15) is 17.6 Å². The summed E-state index contributed by atoms with van der Waals surface area (Å²) in [6, 6.07) is 3.66. The highest BCUT2D eigenvalue weighted by Gasteiger charge is 2.48. The third-order valence-electron chi connectivity index (χ3n) is 5.83. The minimum absolute atomic E-state index is 0.0941. The zero-order valence-corrected chi connectivity index (χ0v) is 17.7. The molecule has 0 saturated carbocycles. The summed E-state index contributed by atoms with van der Waals surface area (Å²) in [5.41, 5.74) is -0.537. The Morgan fingerprint density at radius 3 is 2.64 bits per heavy atom. The monoisotopic (exact) mass is 467 g/mol. The number of alkyl halides is 3. The van der Waals surface area contributed by atoms with Gasteiger partial charge in [-0.3, -0.25) is 14.9 Å². The highest BCUT2D eigenvalue weighted by atomic mass is 19.4. The lowest BCUT2D eigenvalue weighted by Crippen LogP contribution is -2.49. The normalized spacial score (nSPS) is 20.7. The molecule has 1 aromatic carbocycles. The maximum absolute atomic E-state index is 14.1. The minimum atomic E-state index is -4.57. The van der Waals surface area contributed by atoms with Crippen molar-refractivity contribution in [2.75, 3.05) is 19.7 Å². The Kier molecular flexibility index (Phi) is 6.24. The summed E-state index contributed by atoms with van der Waals surface area (Å²) < 4.78 is 74.5. The first-order chi connectivity index (χ1) is 15.6. The first-order valence-electron chi connectivity index (χ1n) is 10.4. The molecular formula is C23H22F5N3O2. The summed E-state index contributed by atoms with van der Waals surface area (Å²) in [5, 5.41) is 10.0. The van der Waals surface area contributed by atoms with E-state index in [1.807, 2.05) is 0 Å². The summed E-state index contributed by atoms with van der Waals surface area (Å²) in [6.45, 7) is 1.91. The van der Waals surface area contributed by atoms with Crippen LogP contribution >= 0.6 is 0 Å². The fourth-order valence-corrected chi connectivity index (χ4v) is 4.18. The number of fused-ring (bicyclic) bond motifs is 1. The molecule has 10 heteroatoms. The molecular weight excluding hydrogens is 445 g/mol. The van der Waals surface area contributed by atoms with Gasteiger partial charge in [0.2, 0.25) is 0 Å². The number of hydrogen-bond donors (Lipinski definition) is 1. The van der Waals surface area contributed by atoms with E-state index in [2.05, 4.69) is 9.97 Å². The molecule has 1 aliphatic heterocycles. The molecule has 0 bridgehead atoms. The van der Waals surface area contributed by atoms with Crippen LogP contribution < -0.4 is 4.74 Å². The SMILES string of the molecule is CC1(CO)CCCN(C(c2cc3ncc(Oc4ccc(F)cc4F)cc3cn2)C(F)(F)F)C1. The molecule has 3 aromatic rings. The Morgan fingerprint density at radius 1 is 1.15 bits per heavy atom. The molecule has 3 heterocycles. The van der Waals surface area contributed by atoms with Gasteiger partial charge in [0.05, 0.1) is 17.4 Å². The summed E-state index contributed by atoms with van der Waals surface area (Å²) in [7, 11) is 0. The third-order valence-corrected chi connectivity index (χ3v) is 5.83. The highest BCUT2D eigenvalue weighted by molar-refractivity contribution is 5.79. The van der Waals surface area contributed by atoms with E-state index in [9.17, 15) is 27.1 Å². The Balaban J connectivity index is 1.63. The van der Waals surface area contributed by atoms with Crippen molar-refractivity contribution in [3.05, 3.63) is 60.1 Å². The van der Waals surface area contributed by atoms with Crippen LogP contribution in [-0.4, -0.2) is 45.8 Å². The number of nitrogens with zero attached hydrogens (tertiary/aromatic N) is 3. The summed E-state index contributed by atoms with van der Waals surface area (Å²) in [5.74, 6) is -1.73. The average molecular weight is 467 g/mol. The average Bonchev–Trinajstić information content (AvgIpc) is 2.75. The number of likely N-dealkylation sites (tertiary alicyclic amines) is 1. The number of ether oxygens (including phenoxy) is 1. The van der Waals surface area contributed by atoms with Crippen molar-refractivity contribution in [2.24, 2.45) is 5.41 Å². The van der Waals surface area contributed by atoms with E-state index in [0.29, 0.717) is 24.3 Å². The first-order valence-corrected chi connectivity index (χ1v) is 10.4. The van der Waals surface area contributed by atoms with Crippen LogP contribution in [0.3, 0.4) is 0 Å². The second-order valence-electron chi connectivity index (χ2n) is 8.64. The zero-order chi connectivity index (χ0) is 23.8. The third kappa shape index (κ3) is 5.06. The predicted molar refractivity (Wildman–Crippen MR) is 111 cm³/mol. The molecule has 2 aromatic heterocycles. The van der Waals surface area contributed by atoms with Gasteiger partial charge in [-0.1, -0.05) is 6.92 Å². The Bertz CT molecular complexity index is 1160. The highest BCUT2D eigenvalue weighted by Crippen LogP contribution is 2.42. The molecule has 33 heavy (non-hydrogen) atoms. The number of aliphatic hydroxyl groups excluding tert-OH is 1. The van der Waals surface area contributed by atoms with Gasteiger partial charge < -0.3 is 9.84 Å². The predicted octanol–water partition coefficient (Wildman–Crippen LogP) is 5.40. The van der Waals surface area contributed by atoms with Gasteiger partial charge >= 0.3 is 6.18 Å². The van der Waals surface area contributed by atoms with Crippen molar-refractivity contribution in [3.8, 4) is 11.5 Å². The van der Waals surface area contributed by atoms with Crippen molar-refractivity contribution < 1.29 is 31.8 Å². The number of aliphatic hydroxyl groups is 1. The summed E-state index contributed by atoms with van der Waals surface area (Å²) in [6.07, 6.45) is -0.872. The van der Waals surface area contributed by atoms with Crippen LogP contribution in [0.4, 0.5) is 22.0 Å². The number of halogens is 5. The smallest absolute Gasteiger partial charge is 0.409 e. The van der Waals surface area contributed by atoms with E-state index in [1.165, 1.54) is 29.4 Å². The van der Waals surface area contributed by atoms with E-state index >= 15 is 0 Å². The molecule has 1 fully saturated rings. The van der Waals surface area contributed by atoms with E-state index in [0.717, 1.165) is 12.1 Å². The van der Waals surface area contributed by atoms with Crippen molar-refractivity contribution in [1.29, 1.82) is 0 Å². The number of rotatable bonds is 5. The van der Waals surface area contributed by atoms with Crippen LogP contribution in [0.5, 0.6) is 11.5 Å². The quantitative estimate of drug-likeness (QED) is 0.510. The molecule has 4 rings (SSSR count). The van der Waals surface area contributed by atoms with Crippen molar-refractivity contribution in [3.63, 3.8) is 0 Å². The van der Waals surface area contributed by atoms with Gasteiger partial charge in [-0.2, -0.15) is 13.2 Å². The molecule has 2 unspecified atom stereocenters. The van der Waals surface area contributed by atoms with Gasteiger partial charge in [0.15, 0.2) is 11.6 Å². The maximum atomic E-state index is 14.1. The van der Waals surface area contributed by atoms with Gasteiger partial charge in [0, 0.05) is 36.2 Å². The van der Waals surface area contributed by atoms with Gasteiger partial charge in [-0.05, 0) is 43.7 Å². The minimum Gasteiger partial charge on any atom is -0.453 e.